The molecule has 0 aliphatic rings. The number of aliphatic hydroxyl groups is 1. The number of sulfonamides is 1. The Morgan fingerprint density at radius 2 is 2.31 bits per heavy atom. The Morgan fingerprint density at radius 1 is 1.62 bits per heavy atom. The number of nitrogens with one attached hydrogen (secondary N) is 1. The monoisotopic (exact) mass is 264 g/mol. The molecule has 1 atom stereocenters. The summed E-state index contributed by atoms with van der Waals surface area (Å²) in [5.41, 5.74) is 0. The molecule has 0 aliphatic heterocycles. The van der Waals surface area contributed by atoms with E-state index >= 15 is 0 Å². The first-order valence-corrected chi connectivity index (χ1v) is 7.32. The smallest absolute Gasteiger partial charge is 0.251 e. The van der Waals surface area contributed by atoms with Gasteiger partial charge in [-0.25, -0.2) is 18.1 Å². The molecule has 0 bridgehead atoms. The zero-order chi connectivity index (χ0) is 12.2. The number of rotatable bonds is 6. The standard InChI is InChI=1S/C9H16N2O3S2/c1-7(12)4-3-5-11-16(13,14)9-6-10-8(2)15-9/h6-7,11-12H,3-5H2,1-2H3. The minimum atomic E-state index is -3.41. The molecule has 0 saturated heterocycles. The summed E-state index contributed by atoms with van der Waals surface area (Å²) in [6.45, 7) is 3.78. The van der Waals surface area contributed by atoms with Crippen LogP contribution in [-0.2, 0) is 10.0 Å². The van der Waals surface area contributed by atoms with Gasteiger partial charge >= 0.3 is 0 Å². The Labute approximate surface area is 99.6 Å². The van der Waals surface area contributed by atoms with E-state index in [1.165, 1.54) is 6.20 Å². The van der Waals surface area contributed by atoms with Crippen molar-refractivity contribution >= 4 is 21.4 Å². The summed E-state index contributed by atoms with van der Waals surface area (Å²) in [6.07, 6.45) is 2.17. The van der Waals surface area contributed by atoms with Crippen molar-refractivity contribution in [1.29, 1.82) is 0 Å². The van der Waals surface area contributed by atoms with Crippen molar-refractivity contribution in [2.75, 3.05) is 6.54 Å². The molecule has 1 aromatic rings. The maximum atomic E-state index is 11.7. The molecular weight excluding hydrogens is 248 g/mol. The lowest BCUT2D eigenvalue weighted by Crippen LogP contribution is -2.24. The number of thiazole rings is 1. The van der Waals surface area contributed by atoms with E-state index in [9.17, 15) is 8.42 Å². The first-order valence-electron chi connectivity index (χ1n) is 5.02. The van der Waals surface area contributed by atoms with Gasteiger partial charge in [0, 0.05) is 6.54 Å². The average molecular weight is 264 g/mol. The third kappa shape index (κ3) is 4.17. The Kier molecular flexibility index (Phi) is 4.85. The largest absolute Gasteiger partial charge is 0.393 e. The predicted octanol–water partition coefficient (Wildman–Crippen LogP) is 0.891. The van der Waals surface area contributed by atoms with E-state index in [1.54, 1.807) is 13.8 Å². The van der Waals surface area contributed by atoms with Gasteiger partial charge in [0.05, 0.1) is 17.3 Å². The van der Waals surface area contributed by atoms with Crippen LogP contribution in [0.1, 0.15) is 24.8 Å². The van der Waals surface area contributed by atoms with Crippen molar-refractivity contribution in [1.82, 2.24) is 9.71 Å². The normalized spacial score (nSPS) is 13.9. The molecule has 1 aromatic heterocycles. The van der Waals surface area contributed by atoms with Gasteiger partial charge in [-0.05, 0) is 26.7 Å². The number of hydrogen-bond donors (Lipinski definition) is 2. The fourth-order valence-corrected chi connectivity index (χ4v) is 3.37. The molecule has 0 amide bonds. The van der Waals surface area contributed by atoms with Crippen molar-refractivity contribution in [3.63, 3.8) is 0 Å². The van der Waals surface area contributed by atoms with Crippen LogP contribution in [0.4, 0.5) is 0 Å². The molecule has 92 valence electrons. The van der Waals surface area contributed by atoms with Crippen molar-refractivity contribution in [3.05, 3.63) is 11.2 Å². The van der Waals surface area contributed by atoms with Gasteiger partial charge < -0.3 is 5.11 Å². The summed E-state index contributed by atoms with van der Waals surface area (Å²) in [6, 6.07) is 0. The van der Waals surface area contributed by atoms with E-state index in [4.69, 9.17) is 5.11 Å². The molecule has 0 aromatic carbocycles. The Bertz CT molecular complexity index is 426. The molecule has 0 fully saturated rings. The van der Waals surface area contributed by atoms with Crippen LogP contribution in [0.25, 0.3) is 0 Å². The Hall–Kier alpha value is -0.500. The first-order chi connectivity index (χ1) is 7.42. The third-order valence-corrected chi connectivity index (χ3v) is 4.79. The van der Waals surface area contributed by atoms with E-state index in [2.05, 4.69) is 9.71 Å². The number of aryl methyl sites for hydroxylation is 1. The fourth-order valence-electron chi connectivity index (χ4n) is 1.14. The highest BCUT2D eigenvalue weighted by molar-refractivity contribution is 7.91. The summed E-state index contributed by atoms with van der Waals surface area (Å²) < 4.78 is 26.1. The molecule has 16 heavy (non-hydrogen) atoms. The van der Waals surface area contributed by atoms with Crippen molar-refractivity contribution in [2.45, 2.75) is 37.0 Å². The molecular formula is C9H16N2O3S2. The maximum Gasteiger partial charge on any atom is 0.251 e. The summed E-state index contributed by atoms with van der Waals surface area (Å²) in [5, 5.41) is 9.74. The summed E-state index contributed by atoms with van der Waals surface area (Å²) >= 11 is 1.15. The van der Waals surface area contributed by atoms with Crippen LogP contribution in [0.15, 0.2) is 10.4 Å². The van der Waals surface area contributed by atoms with E-state index < -0.39 is 16.1 Å². The zero-order valence-electron chi connectivity index (χ0n) is 9.30. The van der Waals surface area contributed by atoms with Gasteiger partial charge in [0.2, 0.25) is 0 Å². The van der Waals surface area contributed by atoms with E-state index in [0.717, 1.165) is 16.3 Å². The molecule has 2 N–H and O–H groups in total. The highest BCUT2D eigenvalue weighted by atomic mass is 32.2. The predicted molar refractivity (Wildman–Crippen MR) is 63.0 cm³/mol. The first kappa shape index (κ1) is 13.6. The van der Waals surface area contributed by atoms with E-state index in [-0.39, 0.29) is 4.21 Å². The van der Waals surface area contributed by atoms with Gasteiger partial charge in [-0.15, -0.1) is 11.3 Å². The fraction of sp³-hybridized carbons (Fsp3) is 0.667. The minimum Gasteiger partial charge on any atom is -0.393 e. The van der Waals surface area contributed by atoms with Gasteiger partial charge in [0.1, 0.15) is 0 Å². The lowest BCUT2D eigenvalue weighted by atomic mass is 10.2. The van der Waals surface area contributed by atoms with Gasteiger partial charge in [0.25, 0.3) is 10.0 Å². The quantitative estimate of drug-likeness (QED) is 0.748. The second-order valence-corrected chi connectivity index (χ2v) is 6.82. The number of aliphatic hydroxyl groups excluding tert-OH is 1. The van der Waals surface area contributed by atoms with E-state index in [1.807, 2.05) is 0 Å². The van der Waals surface area contributed by atoms with Crippen molar-refractivity contribution in [3.8, 4) is 0 Å². The van der Waals surface area contributed by atoms with Crippen LogP contribution in [0, 0.1) is 6.92 Å². The second-order valence-electron chi connectivity index (χ2n) is 3.59. The molecule has 1 unspecified atom stereocenters. The van der Waals surface area contributed by atoms with E-state index in [0.29, 0.717) is 19.4 Å². The van der Waals surface area contributed by atoms with Gasteiger partial charge in [-0.3, -0.25) is 0 Å². The third-order valence-electron chi connectivity index (χ3n) is 1.96. The summed E-state index contributed by atoms with van der Waals surface area (Å²) in [4.78, 5) is 3.90. The molecule has 7 heteroatoms. The molecule has 0 saturated carbocycles. The van der Waals surface area contributed by atoms with Gasteiger partial charge in [-0.2, -0.15) is 0 Å². The molecule has 0 spiro atoms. The lowest BCUT2D eigenvalue weighted by Gasteiger charge is -2.05. The van der Waals surface area contributed by atoms with Crippen molar-refractivity contribution < 1.29 is 13.5 Å². The molecule has 0 radical (unpaired) electrons. The number of aromatic nitrogens is 1. The highest BCUT2D eigenvalue weighted by Crippen LogP contribution is 2.17. The Balaban J connectivity index is 2.47. The van der Waals surface area contributed by atoms with Gasteiger partial charge in [-0.1, -0.05) is 0 Å². The number of nitrogens with zero attached hydrogens (tertiary/aromatic N) is 1. The molecule has 0 aliphatic carbocycles. The zero-order valence-corrected chi connectivity index (χ0v) is 10.9. The topological polar surface area (TPSA) is 79.3 Å². The molecule has 5 nitrogen and oxygen atoms in total. The lowest BCUT2D eigenvalue weighted by molar-refractivity contribution is 0.182. The maximum absolute atomic E-state index is 11.7. The second kappa shape index (κ2) is 5.72. The van der Waals surface area contributed by atoms with Crippen molar-refractivity contribution in [2.24, 2.45) is 0 Å². The van der Waals surface area contributed by atoms with Crippen LogP contribution in [0.5, 0.6) is 0 Å². The highest BCUT2D eigenvalue weighted by Gasteiger charge is 2.16. The average Bonchev–Trinajstić information content (AvgIpc) is 2.60. The molecule has 1 rings (SSSR count). The SMILES string of the molecule is Cc1ncc(S(=O)(=O)NCCCC(C)O)s1. The van der Waals surface area contributed by atoms with Crippen LogP contribution in [0.2, 0.25) is 0 Å². The van der Waals surface area contributed by atoms with Gasteiger partial charge in [0.15, 0.2) is 4.21 Å². The summed E-state index contributed by atoms with van der Waals surface area (Å²) in [7, 11) is -3.41. The Morgan fingerprint density at radius 3 is 2.81 bits per heavy atom. The minimum absolute atomic E-state index is 0.238. The number of hydrogen-bond acceptors (Lipinski definition) is 5. The summed E-state index contributed by atoms with van der Waals surface area (Å²) in [5.74, 6) is 0. The van der Waals surface area contributed by atoms with Crippen LogP contribution < -0.4 is 4.72 Å². The van der Waals surface area contributed by atoms with Crippen LogP contribution >= 0.6 is 11.3 Å². The van der Waals surface area contributed by atoms with Crippen LogP contribution in [-0.4, -0.2) is 31.2 Å². The van der Waals surface area contributed by atoms with Crippen LogP contribution in [0.3, 0.4) is 0 Å². The molecule has 1 heterocycles.